The fourth-order valence-electron chi connectivity index (χ4n) is 3.22. The van der Waals surface area contributed by atoms with E-state index in [1.807, 2.05) is 24.3 Å². The maximum Gasteiger partial charge on any atom is 0.267 e. The van der Waals surface area contributed by atoms with Gasteiger partial charge in [-0.3, -0.25) is 14.4 Å². The third-order valence-corrected chi connectivity index (χ3v) is 5.07. The van der Waals surface area contributed by atoms with Crippen LogP contribution in [0.4, 0.5) is 0 Å². The molecule has 7 nitrogen and oxygen atoms in total. The molecule has 2 aromatic rings. The first-order valence-corrected chi connectivity index (χ1v) is 9.65. The van der Waals surface area contributed by atoms with Crippen molar-refractivity contribution >= 4 is 23.4 Å². The number of hydrogen-bond donors (Lipinski definition) is 1. The van der Waals surface area contributed by atoms with E-state index >= 15 is 0 Å². The topological polar surface area (TPSA) is 84.3 Å². The summed E-state index contributed by atoms with van der Waals surface area (Å²) in [5.41, 5.74) is 1.46. The highest BCUT2D eigenvalue weighted by atomic mass is 35.5. The van der Waals surface area contributed by atoms with Crippen molar-refractivity contribution in [2.75, 3.05) is 19.6 Å². The van der Waals surface area contributed by atoms with Crippen LogP contribution in [0.3, 0.4) is 0 Å². The predicted octanol–water partition coefficient (Wildman–Crippen LogP) is 1.41. The normalized spacial score (nSPS) is 16.2. The molecule has 0 unspecified atom stereocenters. The molecule has 0 spiro atoms. The van der Waals surface area contributed by atoms with Crippen LogP contribution in [0.15, 0.2) is 41.2 Å². The minimum Gasteiger partial charge on any atom is -0.355 e. The average Bonchev–Trinajstić information content (AvgIpc) is 3.17. The van der Waals surface area contributed by atoms with Crippen molar-refractivity contribution in [3.05, 3.63) is 63.0 Å². The number of amides is 2. The molecule has 8 heteroatoms. The van der Waals surface area contributed by atoms with Gasteiger partial charge in [0.2, 0.25) is 11.8 Å². The summed E-state index contributed by atoms with van der Waals surface area (Å²) in [7, 11) is 0. The van der Waals surface area contributed by atoms with Crippen molar-refractivity contribution < 1.29 is 9.59 Å². The fourth-order valence-corrected chi connectivity index (χ4v) is 3.34. The molecule has 0 radical (unpaired) electrons. The van der Waals surface area contributed by atoms with Crippen LogP contribution in [0.1, 0.15) is 17.7 Å². The van der Waals surface area contributed by atoms with Crippen molar-refractivity contribution in [3.8, 4) is 0 Å². The molecule has 1 fully saturated rings. The molecule has 1 aliphatic rings. The summed E-state index contributed by atoms with van der Waals surface area (Å²) in [5, 5.41) is 7.70. The van der Waals surface area contributed by atoms with E-state index in [4.69, 9.17) is 11.6 Å². The van der Waals surface area contributed by atoms with Crippen LogP contribution in [0, 0.1) is 12.8 Å². The van der Waals surface area contributed by atoms with Crippen molar-refractivity contribution in [3.63, 3.8) is 0 Å². The van der Waals surface area contributed by atoms with Crippen LogP contribution < -0.4 is 10.9 Å². The van der Waals surface area contributed by atoms with Gasteiger partial charge in [0, 0.05) is 30.7 Å². The highest BCUT2D eigenvalue weighted by molar-refractivity contribution is 6.30. The van der Waals surface area contributed by atoms with E-state index in [1.165, 1.54) is 6.07 Å². The molecule has 1 aromatic heterocycles. The second-order valence-corrected chi connectivity index (χ2v) is 7.40. The monoisotopic (exact) mass is 402 g/mol. The number of nitrogens with zero attached hydrogens (tertiary/aromatic N) is 3. The van der Waals surface area contributed by atoms with E-state index < -0.39 is 0 Å². The predicted molar refractivity (Wildman–Crippen MR) is 106 cm³/mol. The molecule has 148 valence electrons. The Morgan fingerprint density at radius 3 is 2.71 bits per heavy atom. The second-order valence-electron chi connectivity index (χ2n) is 6.96. The minimum atomic E-state index is -0.311. The van der Waals surface area contributed by atoms with Crippen molar-refractivity contribution in [1.29, 1.82) is 0 Å². The summed E-state index contributed by atoms with van der Waals surface area (Å²) in [5.74, 6) is -0.469. The third-order valence-electron chi connectivity index (χ3n) is 4.82. The Morgan fingerprint density at radius 1 is 1.21 bits per heavy atom. The highest BCUT2D eigenvalue weighted by Gasteiger charge is 2.31. The van der Waals surface area contributed by atoms with Crippen molar-refractivity contribution in [2.45, 2.75) is 26.3 Å². The van der Waals surface area contributed by atoms with Gasteiger partial charge in [-0.05, 0) is 43.5 Å². The van der Waals surface area contributed by atoms with Gasteiger partial charge in [-0.2, -0.15) is 5.10 Å². The summed E-state index contributed by atoms with van der Waals surface area (Å²) in [6, 6.07) is 10.5. The van der Waals surface area contributed by atoms with E-state index in [0.29, 0.717) is 36.8 Å². The number of hydrogen-bond acceptors (Lipinski definition) is 4. The Hall–Kier alpha value is -2.67. The molecule has 1 atom stereocenters. The lowest BCUT2D eigenvalue weighted by atomic mass is 10.1. The SMILES string of the molecule is Cc1ccc(=O)n(CC(=O)N2CC[C@@H](C(=O)NCCc3ccc(Cl)cc3)C2)n1. The van der Waals surface area contributed by atoms with Gasteiger partial charge in [0.25, 0.3) is 5.56 Å². The second kappa shape index (κ2) is 9.01. The maximum absolute atomic E-state index is 12.5. The smallest absolute Gasteiger partial charge is 0.267 e. The van der Waals surface area contributed by atoms with Gasteiger partial charge in [0.15, 0.2) is 0 Å². The van der Waals surface area contributed by atoms with E-state index in [-0.39, 0.29) is 29.8 Å². The van der Waals surface area contributed by atoms with E-state index in [0.717, 1.165) is 16.7 Å². The third kappa shape index (κ3) is 5.19. The van der Waals surface area contributed by atoms with Crippen LogP contribution in [0.5, 0.6) is 0 Å². The molecule has 0 bridgehead atoms. The molecular formula is C20H23ClN4O3. The minimum absolute atomic E-state index is 0.0462. The number of aromatic nitrogens is 2. The molecule has 0 saturated carbocycles. The summed E-state index contributed by atoms with van der Waals surface area (Å²) >= 11 is 5.86. The molecule has 1 N–H and O–H groups in total. The van der Waals surface area contributed by atoms with Crippen LogP contribution in [0.2, 0.25) is 5.02 Å². The van der Waals surface area contributed by atoms with Crippen LogP contribution in [-0.2, 0) is 22.6 Å². The first-order chi connectivity index (χ1) is 13.4. The Bertz CT molecular complexity index is 910. The first kappa shape index (κ1) is 20.1. The van der Waals surface area contributed by atoms with E-state index in [2.05, 4.69) is 10.4 Å². The van der Waals surface area contributed by atoms with Gasteiger partial charge in [-0.25, -0.2) is 4.68 Å². The number of carbonyl (C=O) groups is 2. The standard InChI is InChI=1S/C20H23ClN4O3/c1-14-2-7-18(26)25(23-14)13-19(27)24-11-9-16(12-24)20(28)22-10-8-15-3-5-17(21)6-4-15/h2-7,16H,8-13H2,1H3,(H,22,28)/t16-/m1/s1. The number of aryl methyl sites for hydroxylation is 1. The van der Waals surface area contributed by atoms with Crippen LogP contribution >= 0.6 is 11.6 Å². The lowest BCUT2D eigenvalue weighted by Gasteiger charge is -2.17. The number of halogens is 1. The zero-order valence-corrected chi connectivity index (χ0v) is 16.5. The van der Waals surface area contributed by atoms with Gasteiger partial charge in [0.05, 0.1) is 11.6 Å². The molecule has 2 amide bonds. The number of likely N-dealkylation sites (tertiary alicyclic amines) is 1. The Labute approximate surface area is 168 Å². The maximum atomic E-state index is 12.5. The number of nitrogens with one attached hydrogen (secondary N) is 1. The Balaban J connectivity index is 1.46. The van der Waals surface area contributed by atoms with Crippen molar-refractivity contribution in [2.24, 2.45) is 5.92 Å². The first-order valence-electron chi connectivity index (χ1n) is 9.27. The highest BCUT2D eigenvalue weighted by Crippen LogP contribution is 2.17. The summed E-state index contributed by atoms with van der Waals surface area (Å²) in [4.78, 5) is 38.3. The Morgan fingerprint density at radius 2 is 1.96 bits per heavy atom. The number of carbonyl (C=O) groups excluding carboxylic acids is 2. The van der Waals surface area contributed by atoms with Gasteiger partial charge in [0.1, 0.15) is 6.54 Å². The van der Waals surface area contributed by atoms with Crippen LogP contribution in [-0.4, -0.2) is 46.1 Å². The van der Waals surface area contributed by atoms with E-state index in [9.17, 15) is 14.4 Å². The molecule has 28 heavy (non-hydrogen) atoms. The molecular weight excluding hydrogens is 380 g/mol. The quantitative estimate of drug-likeness (QED) is 0.791. The molecule has 1 aliphatic heterocycles. The van der Waals surface area contributed by atoms with Gasteiger partial charge < -0.3 is 10.2 Å². The average molecular weight is 403 g/mol. The molecule has 1 saturated heterocycles. The van der Waals surface area contributed by atoms with Crippen LogP contribution in [0.25, 0.3) is 0 Å². The largest absolute Gasteiger partial charge is 0.355 e. The molecule has 2 heterocycles. The molecule has 0 aliphatic carbocycles. The summed E-state index contributed by atoms with van der Waals surface area (Å²) in [6.45, 7) is 3.07. The van der Waals surface area contributed by atoms with Gasteiger partial charge in [-0.1, -0.05) is 23.7 Å². The number of benzene rings is 1. The van der Waals surface area contributed by atoms with Gasteiger partial charge >= 0.3 is 0 Å². The lowest BCUT2D eigenvalue weighted by Crippen LogP contribution is -2.38. The molecule has 1 aromatic carbocycles. The van der Waals surface area contributed by atoms with Crippen molar-refractivity contribution in [1.82, 2.24) is 20.0 Å². The fraction of sp³-hybridized carbons (Fsp3) is 0.400. The Kier molecular flexibility index (Phi) is 6.46. The zero-order valence-electron chi connectivity index (χ0n) is 15.7. The summed E-state index contributed by atoms with van der Waals surface area (Å²) < 4.78 is 1.16. The molecule has 3 rings (SSSR count). The number of rotatable bonds is 6. The zero-order chi connectivity index (χ0) is 20.1. The lowest BCUT2D eigenvalue weighted by molar-refractivity contribution is -0.131. The van der Waals surface area contributed by atoms with E-state index in [1.54, 1.807) is 17.9 Å². The van der Waals surface area contributed by atoms with Gasteiger partial charge in [-0.15, -0.1) is 0 Å². The summed E-state index contributed by atoms with van der Waals surface area (Å²) in [6.07, 6.45) is 1.34.